The Morgan fingerprint density at radius 3 is 2.78 bits per heavy atom. The second-order valence-electron chi connectivity index (χ2n) is 4.65. The molecular weight excluding hydrogens is 323 g/mol. The van der Waals surface area contributed by atoms with Gasteiger partial charge in [0.25, 0.3) is 0 Å². The molecule has 0 radical (unpaired) electrons. The Morgan fingerprint density at radius 1 is 1.26 bits per heavy atom. The van der Waals surface area contributed by atoms with Gasteiger partial charge in [-0.25, -0.2) is 9.18 Å². The first-order chi connectivity index (χ1) is 11.0. The van der Waals surface area contributed by atoms with E-state index in [-0.39, 0.29) is 18.8 Å². The lowest BCUT2D eigenvalue weighted by molar-refractivity contribution is -0.137. The van der Waals surface area contributed by atoms with Gasteiger partial charge in [0, 0.05) is 19.4 Å². The summed E-state index contributed by atoms with van der Waals surface area (Å²) in [4.78, 5) is 21.9. The molecule has 1 heterocycles. The average Bonchev–Trinajstić information content (AvgIpc) is 2.93. The molecule has 0 atom stereocenters. The summed E-state index contributed by atoms with van der Waals surface area (Å²) in [6.07, 6.45) is 0.634. The van der Waals surface area contributed by atoms with Gasteiger partial charge in [-0.1, -0.05) is 29.5 Å². The molecule has 1 aromatic heterocycles. The zero-order valence-electron chi connectivity index (χ0n) is 12.1. The molecule has 3 N–H and O–H groups in total. The van der Waals surface area contributed by atoms with Gasteiger partial charge in [0.05, 0.1) is 0 Å². The molecule has 0 spiro atoms. The number of benzene rings is 1. The number of amides is 2. The first kappa shape index (κ1) is 16.8. The van der Waals surface area contributed by atoms with Crippen molar-refractivity contribution in [3.63, 3.8) is 0 Å². The fourth-order valence-electron chi connectivity index (χ4n) is 1.76. The molecule has 0 saturated carbocycles. The van der Waals surface area contributed by atoms with Gasteiger partial charge in [-0.2, -0.15) is 0 Å². The van der Waals surface area contributed by atoms with E-state index in [1.807, 2.05) is 0 Å². The SMILES string of the molecule is O=C(O)CCCNC(=O)Nc1nnc(Cc2ccccc2F)s1. The molecule has 0 saturated heterocycles. The molecule has 0 unspecified atom stereocenters. The molecule has 0 aliphatic heterocycles. The van der Waals surface area contributed by atoms with Crippen LogP contribution in [0.15, 0.2) is 24.3 Å². The van der Waals surface area contributed by atoms with Gasteiger partial charge in [0.1, 0.15) is 10.8 Å². The Kier molecular flexibility index (Phi) is 5.98. The minimum absolute atomic E-state index is 0.00806. The number of rotatable bonds is 7. The smallest absolute Gasteiger partial charge is 0.321 e. The number of carbonyl (C=O) groups is 2. The van der Waals surface area contributed by atoms with Crippen molar-refractivity contribution < 1.29 is 19.1 Å². The molecule has 2 rings (SSSR count). The molecule has 2 aromatic rings. The van der Waals surface area contributed by atoms with E-state index in [0.717, 1.165) is 11.3 Å². The largest absolute Gasteiger partial charge is 0.481 e. The van der Waals surface area contributed by atoms with Crippen molar-refractivity contribution >= 4 is 28.5 Å². The van der Waals surface area contributed by atoms with Crippen LogP contribution < -0.4 is 10.6 Å². The molecule has 1 aromatic carbocycles. The summed E-state index contributed by atoms with van der Waals surface area (Å²) in [5.74, 6) is -1.22. The number of hydrogen-bond acceptors (Lipinski definition) is 5. The van der Waals surface area contributed by atoms with Gasteiger partial charge in [-0.3, -0.25) is 10.1 Å². The van der Waals surface area contributed by atoms with Crippen molar-refractivity contribution in [1.82, 2.24) is 15.5 Å². The maximum Gasteiger partial charge on any atom is 0.321 e. The van der Waals surface area contributed by atoms with Crippen molar-refractivity contribution in [1.29, 1.82) is 0 Å². The molecule has 9 heteroatoms. The number of carbonyl (C=O) groups excluding carboxylic acids is 1. The van der Waals surface area contributed by atoms with Crippen LogP contribution in [-0.4, -0.2) is 33.8 Å². The van der Waals surface area contributed by atoms with E-state index in [1.54, 1.807) is 18.2 Å². The van der Waals surface area contributed by atoms with Gasteiger partial charge in [-0.05, 0) is 18.1 Å². The van der Waals surface area contributed by atoms with E-state index >= 15 is 0 Å². The Labute approximate surface area is 135 Å². The Balaban J connectivity index is 1.81. The molecule has 7 nitrogen and oxygen atoms in total. The third-order valence-corrected chi connectivity index (χ3v) is 3.68. The summed E-state index contributed by atoms with van der Waals surface area (Å²) in [6, 6.07) is 5.91. The molecule has 23 heavy (non-hydrogen) atoms. The number of anilines is 1. The minimum Gasteiger partial charge on any atom is -0.481 e. The first-order valence-electron chi connectivity index (χ1n) is 6.87. The van der Waals surface area contributed by atoms with E-state index in [0.29, 0.717) is 28.5 Å². The third kappa shape index (κ3) is 5.62. The molecule has 122 valence electrons. The number of hydrogen-bond donors (Lipinski definition) is 3. The quantitative estimate of drug-likeness (QED) is 0.672. The number of carboxylic acid groups (broad SMARTS) is 1. The van der Waals surface area contributed by atoms with Crippen LogP contribution in [0.1, 0.15) is 23.4 Å². The number of nitrogens with zero attached hydrogens (tertiary/aromatic N) is 2. The van der Waals surface area contributed by atoms with Crippen molar-refractivity contribution in [2.24, 2.45) is 0 Å². The fourth-order valence-corrected chi connectivity index (χ4v) is 2.52. The lowest BCUT2D eigenvalue weighted by atomic mass is 10.1. The normalized spacial score (nSPS) is 10.3. The molecule has 0 aliphatic rings. The van der Waals surface area contributed by atoms with Gasteiger partial charge >= 0.3 is 12.0 Å². The van der Waals surface area contributed by atoms with E-state index in [4.69, 9.17) is 5.11 Å². The lowest BCUT2D eigenvalue weighted by Crippen LogP contribution is -2.29. The van der Waals surface area contributed by atoms with Gasteiger partial charge in [-0.15, -0.1) is 10.2 Å². The summed E-state index contributed by atoms with van der Waals surface area (Å²) in [5.41, 5.74) is 0.508. The highest BCUT2D eigenvalue weighted by Crippen LogP contribution is 2.19. The van der Waals surface area contributed by atoms with Crippen LogP contribution in [0.2, 0.25) is 0 Å². The summed E-state index contributed by atoms with van der Waals surface area (Å²) in [7, 11) is 0. The summed E-state index contributed by atoms with van der Waals surface area (Å²) < 4.78 is 13.6. The maximum absolute atomic E-state index is 13.6. The third-order valence-electron chi connectivity index (χ3n) is 2.84. The van der Waals surface area contributed by atoms with Crippen LogP contribution in [0, 0.1) is 5.82 Å². The van der Waals surface area contributed by atoms with E-state index in [1.165, 1.54) is 6.07 Å². The van der Waals surface area contributed by atoms with Crippen LogP contribution in [0.3, 0.4) is 0 Å². The summed E-state index contributed by atoms with van der Waals surface area (Å²) in [6.45, 7) is 0.249. The van der Waals surface area contributed by atoms with Crippen molar-refractivity contribution in [3.8, 4) is 0 Å². The minimum atomic E-state index is -0.908. The van der Waals surface area contributed by atoms with Crippen molar-refractivity contribution in [2.75, 3.05) is 11.9 Å². The van der Waals surface area contributed by atoms with Crippen LogP contribution in [0.5, 0.6) is 0 Å². The lowest BCUT2D eigenvalue weighted by Gasteiger charge is -2.03. The molecule has 0 bridgehead atoms. The Hall–Kier alpha value is -2.55. The van der Waals surface area contributed by atoms with Gasteiger partial charge < -0.3 is 10.4 Å². The highest BCUT2D eigenvalue weighted by Gasteiger charge is 2.10. The number of halogens is 1. The highest BCUT2D eigenvalue weighted by molar-refractivity contribution is 7.15. The molecule has 0 fully saturated rings. The summed E-state index contributed by atoms with van der Waals surface area (Å²) in [5, 5.41) is 22.1. The van der Waals surface area contributed by atoms with Crippen molar-refractivity contribution in [3.05, 3.63) is 40.7 Å². The molecule has 0 aliphatic carbocycles. The first-order valence-corrected chi connectivity index (χ1v) is 7.68. The number of nitrogens with one attached hydrogen (secondary N) is 2. The topological polar surface area (TPSA) is 104 Å². The van der Waals surface area contributed by atoms with Crippen LogP contribution in [-0.2, 0) is 11.2 Å². The number of aromatic nitrogens is 2. The van der Waals surface area contributed by atoms with Crippen LogP contribution >= 0.6 is 11.3 Å². The second kappa shape index (κ2) is 8.18. The van der Waals surface area contributed by atoms with Gasteiger partial charge in [0.2, 0.25) is 5.13 Å². The van der Waals surface area contributed by atoms with E-state index in [2.05, 4.69) is 20.8 Å². The zero-order valence-corrected chi connectivity index (χ0v) is 12.9. The Morgan fingerprint density at radius 2 is 2.04 bits per heavy atom. The van der Waals surface area contributed by atoms with E-state index < -0.39 is 12.0 Å². The standard InChI is InChI=1S/C14H15FN4O3S/c15-10-5-2-1-4-9(10)8-11-18-19-14(23-11)17-13(22)16-7-3-6-12(20)21/h1-2,4-5H,3,6-8H2,(H,20,21)(H2,16,17,19,22). The predicted molar refractivity (Wildman–Crippen MR) is 83.0 cm³/mol. The number of carboxylic acids is 1. The van der Waals surface area contributed by atoms with E-state index in [9.17, 15) is 14.0 Å². The van der Waals surface area contributed by atoms with Crippen LogP contribution in [0.25, 0.3) is 0 Å². The highest BCUT2D eigenvalue weighted by atomic mass is 32.1. The van der Waals surface area contributed by atoms with Gasteiger partial charge in [0.15, 0.2) is 0 Å². The number of aliphatic carboxylic acids is 1. The average molecular weight is 338 g/mol. The monoisotopic (exact) mass is 338 g/mol. The zero-order chi connectivity index (χ0) is 16.7. The maximum atomic E-state index is 13.6. The molecule has 2 amide bonds. The number of urea groups is 1. The predicted octanol–water partition coefficient (Wildman–Crippen LogP) is 2.25. The molecular formula is C14H15FN4O3S. The second-order valence-corrected chi connectivity index (χ2v) is 5.71. The fraction of sp³-hybridized carbons (Fsp3) is 0.286. The van der Waals surface area contributed by atoms with Crippen molar-refractivity contribution in [2.45, 2.75) is 19.3 Å². The summed E-state index contributed by atoms with van der Waals surface area (Å²) >= 11 is 1.15. The Bertz CT molecular complexity index is 692. The van der Waals surface area contributed by atoms with Crippen LogP contribution in [0.4, 0.5) is 14.3 Å².